The van der Waals surface area contributed by atoms with E-state index in [0.29, 0.717) is 12.1 Å². The van der Waals surface area contributed by atoms with Crippen molar-refractivity contribution in [3.05, 3.63) is 59.7 Å². The highest BCUT2D eigenvalue weighted by Gasteiger charge is 2.12. The molecule has 4 heteroatoms. The lowest BCUT2D eigenvalue weighted by molar-refractivity contribution is -0.129. The molecule has 0 unspecified atom stereocenters. The molecule has 0 bridgehead atoms. The second kappa shape index (κ2) is 6.10. The Morgan fingerprint density at radius 1 is 1.05 bits per heavy atom. The van der Waals surface area contributed by atoms with Gasteiger partial charge in [0.05, 0.1) is 6.42 Å². The van der Waals surface area contributed by atoms with Gasteiger partial charge in [-0.2, -0.15) is 0 Å². The van der Waals surface area contributed by atoms with Crippen LogP contribution in [0.3, 0.4) is 0 Å². The Morgan fingerprint density at radius 2 is 1.70 bits per heavy atom. The summed E-state index contributed by atoms with van der Waals surface area (Å²) in [6.07, 6.45) is 0.168. The fourth-order valence-electron chi connectivity index (χ4n) is 1.92. The van der Waals surface area contributed by atoms with E-state index in [1.54, 1.807) is 60.5 Å². The lowest BCUT2D eigenvalue weighted by Crippen LogP contribution is -2.27. The molecule has 0 aliphatic carbocycles. The number of phenols is 2. The molecular formula is C16H17NO3. The standard InChI is InChI=1S/C16H17NO3/c1-17(11-12-6-8-14(18)9-7-12)16(20)10-13-4-2-3-5-15(13)19/h2-9,18-19H,10-11H2,1H3. The van der Waals surface area contributed by atoms with Crippen LogP contribution in [0, 0.1) is 0 Å². The van der Waals surface area contributed by atoms with Crippen LogP contribution in [0.4, 0.5) is 0 Å². The third-order valence-corrected chi connectivity index (χ3v) is 3.12. The van der Waals surface area contributed by atoms with Crippen molar-refractivity contribution in [1.82, 2.24) is 4.90 Å². The number of hydrogen-bond acceptors (Lipinski definition) is 3. The molecule has 0 fully saturated rings. The van der Waals surface area contributed by atoms with E-state index in [-0.39, 0.29) is 23.8 Å². The Labute approximate surface area is 117 Å². The van der Waals surface area contributed by atoms with E-state index in [4.69, 9.17) is 0 Å². The number of amides is 1. The van der Waals surface area contributed by atoms with Gasteiger partial charge in [0, 0.05) is 19.2 Å². The molecule has 104 valence electrons. The highest BCUT2D eigenvalue weighted by Crippen LogP contribution is 2.17. The van der Waals surface area contributed by atoms with Crippen molar-refractivity contribution in [1.29, 1.82) is 0 Å². The fourth-order valence-corrected chi connectivity index (χ4v) is 1.92. The number of likely N-dealkylation sites (N-methyl/N-ethyl adjacent to an activating group) is 1. The number of rotatable bonds is 4. The van der Waals surface area contributed by atoms with Gasteiger partial charge in [-0.05, 0) is 23.8 Å². The summed E-state index contributed by atoms with van der Waals surface area (Å²) in [5.74, 6) is 0.274. The minimum absolute atomic E-state index is 0.0698. The maximum Gasteiger partial charge on any atom is 0.227 e. The molecule has 0 spiro atoms. The molecule has 4 nitrogen and oxygen atoms in total. The van der Waals surface area contributed by atoms with E-state index in [2.05, 4.69) is 0 Å². The zero-order valence-corrected chi connectivity index (χ0v) is 11.3. The van der Waals surface area contributed by atoms with Crippen molar-refractivity contribution >= 4 is 5.91 Å². The van der Waals surface area contributed by atoms with E-state index >= 15 is 0 Å². The minimum atomic E-state index is -0.0698. The van der Waals surface area contributed by atoms with Crippen LogP contribution in [0.1, 0.15) is 11.1 Å². The third-order valence-electron chi connectivity index (χ3n) is 3.12. The molecule has 2 aromatic rings. The SMILES string of the molecule is CN(Cc1ccc(O)cc1)C(=O)Cc1ccccc1O. The fraction of sp³-hybridized carbons (Fsp3) is 0.188. The smallest absolute Gasteiger partial charge is 0.227 e. The highest BCUT2D eigenvalue weighted by molar-refractivity contribution is 5.79. The largest absolute Gasteiger partial charge is 0.508 e. The van der Waals surface area contributed by atoms with Crippen molar-refractivity contribution in [2.45, 2.75) is 13.0 Å². The maximum atomic E-state index is 12.1. The molecule has 20 heavy (non-hydrogen) atoms. The van der Waals surface area contributed by atoms with Gasteiger partial charge in [-0.15, -0.1) is 0 Å². The van der Waals surface area contributed by atoms with Gasteiger partial charge in [-0.1, -0.05) is 30.3 Å². The van der Waals surface area contributed by atoms with Crippen LogP contribution in [0.25, 0.3) is 0 Å². The first-order chi connectivity index (χ1) is 9.56. The number of phenolic OH excluding ortho intramolecular Hbond substituents is 2. The molecule has 1 amide bonds. The molecular weight excluding hydrogens is 254 g/mol. The summed E-state index contributed by atoms with van der Waals surface area (Å²) in [6, 6.07) is 13.6. The van der Waals surface area contributed by atoms with Gasteiger partial charge in [0.2, 0.25) is 5.91 Å². The van der Waals surface area contributed by atoms with Gasteiger partial charge in [-0.25, -0.2) is 0 Å². The number of carbonyl (C=O) groups excluding carboxylic acids is 1. The quantitative estimate of drug-likeness (QED) is 0.897. The average molecular weight is 271 g/mol. The minimum Gasteiger partial charge on any atom is -0.508 e. The van der Waals surface area contributed by atoms with Crippen LogP contribution in [-0.4, -0.2) is 28.1 Å². The van der Waals surface area contributed by atoms with Gasteiger partial charge in [0.25, 0.3) is 0 Å². The van der Waals surface area contributed by atoms with E-state index in [9.17, 15) is 15.0 Å². The first kappa shape index (κ1) is 13.9. The maximum absolute atomic E-state index is 12.1. The topological polar surface area (TPSA) is 60.8 Å². The molecule has 0 heterocycles. The van der Waals surface area contributed by atoms with Crippen LogP contribution in [-0.2, 0) is 17.8 Å². The van der Waals surface area contributed by atoms with Crippen LogP contribution in [0.15, 0.2) is 48.5 Å². The predicted molar refractivity (Wildman–Crippen MR) is 76.4 cm³/mol. The van der Waals surface area contributed by atoms with Gasteiger partial charge in [-0.3, -0.25) is 4.79 Å². The summed E-state index contributed by atoms with van der Waals surface area (Å²) in [6.45, 7) is 0.465. The number of para-hydroxylation sites is 1. The molecule has 0 atom stereocenters. The van der Waals surface area contributed by atoms with Crippen LogP contribution in [0.5, 0.6) is 11.5 Å². The number of nitrogens with zero attached hydrogens (tertiary/aromatic N) is 1. The zero-order chi connectivity index (χ0) is 14.5. The lowest BCUT2D eigenvalue weighted by Gasteiger charge is -2.17. The molecule has 0 radical (unpaired) electrons. The molecule has 0 saturated carbocycles. The Balaban J connectivity index is 1.99. The molecule has 2 N–H and O–H groups in total. The second-order valence-electron chi connectivity index (χ2n) is 4.72. The van der Waals surface area contributed by atoms with Gasteiger partial charge in [0.15, 0.2) is 0 Å². The summed E-state index contributed by atoms with van der Waals surface area (Å²) in [7, 11) is 1.72. The van der Waals surface area contributed by atoms with E-state index in [1.807, 2.05) is 0 Å². The number of hydrogen-bond donors (Lipinski definition) is 2. The van der Waals surface area contributed by atoms with Gasteiger partial charge < -0.3 is 15.1 Å². The van der Waals surface area contributed by atoms with E-state index < -0.39 is 0 Å². The van der Waals surface area contributed by atoms with Gasteiger partial charge >= 0.3 is 0 Å². The number of aromatic hydroxyl groups is 2. The summed E-state index contributed by atoms with van der Waals surface area (Å²) in [5.41, 5.74) is 1.56. The van der Waals surface area contributed by atoms with Crippen LogP contribution >= 0.6 is 0 Å². The molecule has 0 aromatic heterocycles. The van der Waals surface area contributed by atoms with Crippen molar-refractivity contribution in [3.63, 3.8) is 0 Å². The molecule has 0 saturated heterocycles. The van der Waals surface area contributed by atoms with Gasteiger partial charge in [0.1, 0.15) is 11.5 Å². The van der Waals surface area contributed by atoms with Crippen molar-refractivity contribution in [2.75, 3.05) is 7.05 Å². The first-order valence-corrected chi connectivity index (χ1v) is 6.35. The number of benzene rings is 2. The summed E-state index contributed by atoms with van der Waals surface area (Å²) < 4.78 is 0. The number of carbonyl (C=O) groups is 1. The third kappa shape index (κ3) is 3.51. The van der Waals surface area contributed by atoms with Crippen molar-refractivity contribution < 1.29 is 15.0 Å². The summed E-state index contributed by atoms with van der Waals surface area (Å²) in [4.78, 5) is 13.7. The molecule has 0 aliphatic rings. The monoisotopic (exact) mass is 271 g/mol. The Kier molecular flexibility index (Phi) is 4.25. The Morgan fingerprint density at radius 3 is 2.35 bits per heavy atom. The second-order valence-corrected chi connectivity index (χ2v) is 4.72. The molecule has 2 rings (SSSR count). The molecule has 2 aromatic carbocycles. The zero-order valence-electron chi connectivity index (χ0n) is 11.3. The van der Waals surface area contributed by atoms with E-state index in [1.165, 1.54) is 0 Å². The summed E-state index contributed by atoms with van der Waals surface area (Å²) >= 11 is 0. The lowest BCUT2D eigenvalue weighted by atomic mass is 10.1. The Bertz CT molecular complexity index is 593. The normalized spacial score (nSPS) is 10.2. The van der Waals surface area contributed by atoms with Crippen molar-refractivity contribution in [3.8, 4) is 11.5 Å². The van der Waals surface area contributed by atoms with E-state index in [0.717, 1.165) is 5.56 Å². The van der Waals surface area contributed by atoms with Crippen LogP contribution < -0.4 is 0 Å². The van der Waals surface area contributed by atoms with Crippen molar-refractivity contribution in [2.24, 2.45) is 0 Å². The highest BCUT2D eigenvalue weighted by atomic mass is 16.3. The Hall–Kier alpha value is -2.49. The van der Waals surface area contributed by atoms with Crippen LogP contribution in [0.2, 0.25) is 0 Å². The summed E-state index contributed by atoms with van der Waals surface area (Å²) in [5, 5.41) is 18.9. The first-order valence-electron chi connectivity index (χ1n) is 6.35. The predicted octanol–water partition coefficient (Wildman–Crippen LogP) is 2.30. The molecule has 0 aliphatic heterocycles. The average Bonchev–Trinajstić information content (AvgIpc) is 2.44.